The van der Waals surface area contributed by atoms with Gasteiger partial charge in [-0.05, 0) is 40.2 Å². The summed E-state index contributed by atoms with van der Waals surface area (Å²) >= 11 is 4.34. The highest BCUT2D eigenvalue weighted by molar-refractivity contribution is 9.11. The molecule has 0 fully saturated rings. The van der Waals surface area contributed by atoms with E-state index in [1.54, 1.807) is 44.4 Å². The first-order valence-corrected chi connectivity index (χ1v) is 8.99. The SMILES string of the molecule is CN(C)C(=O)c1ccccc1NS(=O)(=O)c1ccc(Br)s1. The second-order valence-electron chi connectivity index (χ2n) is 4.41. The summed E-state index contributed by atoms with van der Waals surface area (Å²) in [5.41, 5.74) is 0.572. The van der Waals surface area contributed by atoms with Crippen LogP contribution in [0.5, 0.6) is 0 Å². The van der Waals surface area contributed by atoms with Crippen LogP contribution in [0.15, 0.2) is 44.4 Å². The monoisotopic (exact) mass is 388 g/mol. The Hall–Kier alpha value is -1.38. The number of thiophene rings is 1. The maximum atomic E-state index is 12.3. The zero-order valence-corrected chi connectivity index (χ0v) is 14.5. The molecular weight excluding hydrogens is 376 g/mol. The highest BCUT2D eigenvalue weighted by atomic mass is 79.9. The van der Waals surface area contributed by atoms with Crippen molar-refractivity contribution in [1.29, 1.82) is 0 Å². The summed E-state index contributed by atoms with van der Waals surface area (Å²) in [5, 5.41) is 0. The fourth-order valence-electron chi connectivity index (χ4n) is 1.64. The zero-order valence-electron chi connectivity index (χ0n) is 11.3. The summed E-state index contributed by atoms with van der Waals surface area (Å²) in [6.07, 6.45) is 0. The van der Waals surface area contributed by atoms with Crippen LogP contribution in [0.4, 0.5) is 5.69 Å². The fraction of sp³-hybridized carbons (Fsp3) is 0.154. The van der Waals surface area contributed by atoms with Crippen LogP contribution in [0.1, 0.15) is 10.4 Å². The minimum atomic E-state index is -3.71. The summed E-state index contributed by atoms with van der Waals surface area (Å²) in [6.45, 7) is 0. The number of para-hydroxylation sites is 1. The molecule has 5 nitrogen and oxygen atoms in total. The largest absolute Gasteiger partial charge is 0.345 e. The topological polar surface area (TPSA) is 66.5 Å². The molecule has 0 unspecified atom stereocenters. The maximum Gasteiger partial charge on any atom is 0.271 e. The Morgan fingerprint density at radius 2 is 1.86 bits per heavy atom. The molecule has 0 aliphatic heterocycles. The van der Waals surface area contributed by atoms with Crippen molar-refractivity contribution in [3.8, 4) is 0 Å². The first-order chi connectivity index (χ1) is 9.81. The van der Waals surface area contributed by atoms with Gasteiger partial charge in [0.2, 0.25) is 0 Å². The minimum Gasteiger partial charge on any atom is -0.345 e. The van der Waals surface area contributed by atoms with Crippen LogP contribution in [-0.4, -0.2) is 33.3 Å². The van der Waals surface area contributed by atoms with Gasteiger partial charge in [-0.25, -0.2) is 8.42 Å². The summed E-state index contributed by atoms with van der Waals surface area (Å²) in [5.74, 6) is -0.263. The molecule has 1 aromatic heterocycles. The Morgan fingerprint density at radius 3 is 2.43 bits per heavy atom. The molecule has 1 heterocycles. The smallest absolute Gasteiger partial charge is 0.271 e. The number of halogens is 1. The molecule has 1 N–H and O–H groups in total. The Bertz CT molecular complexity index is 769. The Balaban J connectivity index is 2.38. The number of hydrogen-bond acceptors (Lipinski definition) is 4. The van der Waals surface area contributed by atoms with Gasteiger partial charge in [-0.3, -0.25) is 9.52 Å². The van der Waals surface area contributed by atoms with E-state index >= 15 is 0 Å². The van der Waals surface area contributed by atoms with Gasteiger partial charge >= 0.3 is 0 Å². The van der Waals surface area contributed by atoms with Crippen LogP contribution in [-0.2, 0) is 10.0 Å². The molecule has 2 aromatic rings. The van der Waals surface area contributed by atoms with Gasteiger partial charge < -0.3 is 4.90 Å². The Labute approximate surface area is 135 Å². The molecule has 21 heavy (non-hydrogen) atoms. The second-order valence-corrected chi connectivity index (χ2v) is 8.78. The summed E-state index contributed by atoms with van der Waals surface area (Å²) in [4.78, 5) is 13.5. The number of anilines is 1. The van der Waals surface area contributed by atoms with E-state index in [0.29, 0.717) is 5.56 Å². The molecular formula is C13H13BrN2O3S2. The van der Waals surface area contributed by atoms with E-state index in [9.17, 15) is 13.2 Å². The van der Waals surface area contributed by atoms with Gasteiger partial charge in [0.15, 0.2) is 0 Å². The molecule has 8 heteroatoms. The molecule has 0 aliphatic rings. The Kier molecular flexibility index (Phi) is 4.70. The van der Waals surface area contributed by atoms with Gasteiger partial charge in [-0.2, -0.15) is 0 Å². The third kappa shape index (κ3) is 3.63. The molecule has 0 saturated carbocycles. The first kappa shape index (κ1) is 16.0. The van der Waals surface area contributed by atoms with Gasteiger partial charge in [-0.15, -0.1) is 11.3 Å². The predicted octanol–water partition coefficient (Wildman–Crippen LogP) is 3.01. The van der Waals surface area contributed by atoms with E-state index in [0.717, 1.165) is 15.1 Å². The van der Waals surface area contributed by atoms with Crippen molar-refractivity contribution in [2.24, 2.45) is 0 Å². The molecule has 112 valence electrons. The van der Waals surface area contributed by atoms with Crippen molar-refractivity contribution in [2.75, 3.05) is 18.8 Å². The summed E-state index contributed by atoms with van der Waals surface area (Å²) in [7, 11) is -0.476. The second kappa shape index (κ2) is 6.17. The zero-order chi connectivity index (χ0) is 15.6. The lowest BCUT2D eigenvalue weighted by Crippen LogP contribution is -2.24. The van der Waals surface area contributed by atoms with Crippen LogP contribution < -0.4 is 4.72 Å². The standard InChI is InChI=1S/C13H13BrN2O3S2/c1-16(2)13(17)9-5-3-4-6-10(9)15-21(18,19)12-8-7-11(14)20-12/h3-8,15H,1-2H3. The number of benzene rings is 1. The van der Waals surface area contributed by atoms with Crippen molar-refractivity contribution < 1.29 is 13.2 Å². The van der Waals surface area contributed by atoms with E-state index in [1.165, 1.54) is 11.0 Å². The number of carbonyl (C=O) groups is 1. The summed E-state index contributed by atoms with van der Waals surface area (Å²) in [6, 6.07) is 9.69. The van der Waals surface area contributed by atoms with Crippen molar-refractivity contribution in [2.45, 2.75) is 4.21 Å². The normalized spacial score (nSPS) is 11.2. The molecule has 0 bridgehead atoms. The van der Waals surface area contributed by atoms with Crippen molar-refractivity contribution >= 4 is 48.9 Å². The van der Waals surface area contributed by atoms with E-state index < -0.39 is 10.0 Å². The number of rotatable bonds is 4. The van der Waals surface area contributed by atoms with Crippen LogP contribution >= 0.6 is 27.3 Å². The molecule has 1 aromatic carbocycles. The van der Waals surface area contributed by atoms with E-state index in [-0.39, 0.29) is 15.8 Å². The van der Waals surface area contributed by atoms with Gasteiger partial charge in [-0.1, -0.05) is 12.1 Å². The van der Waals surface area contributed by atoms with Gasteiger partial charge in [0.05, 0.1) is 15.0 Å². The van der Waals surface area contributed by atoms with Crippen molar-refractivity contribution in [3.63, 3.8) is 0 Å². The lowest BCUT2D eigenvalue weighted by Gasteiger charge is -2.15. The third-order valence-corrected chi connectivity index (χ3v) is 6.10. The number of nitrogens with zero attached hydrogens (tertiary/aromatic N) is 1. The molecule has 1 amide bonds. The van der Waals surface area contributed by atoms with Gasteiger partial charge in [0, 0.05) is 14.1 Å². The number of carbonyl (C=O) groups excluding carboxylic acids is 1. The van der Waals surface area contributed by atoms with E-state index in [2.05, 4.69) is 20.7 Å². The highest BCUT2D eigenvalue weighted by Gasteiger charge is 2.20. The molecule has 0 aliphatic carbocycles. The van der Waals surface area contributed by atoms with Crippen molar-refractivity contribution in [1.82, 2.24) is 4.90 Å². The first-order valence-electron chi connectivity index (χ1n) is 5.90. The molecule has 2 rings (SSSR count). The lowest BCUT2D eigenvalue weighted by molar-refractivity contribution is 0.0828. The molecule has 0 radical (unpaired) electrons. The van der Waals surface area contributed by atoms with Crippen LogP contribution in [0, 0.1) is 0 Å². The van der Waals surface area contributed by atoms with E-state index in [1.807, 2.05) is 0 Å². The quantitative estimate of drug-likeness (QED) is 0.874. The van der Waals surface area contributed by atoms with Gasteiger partial charge in [0.1, 0.15) is 4.21 Å². The molecule has 0 spiro atoms. The number of amides is 1. The minimum absolute atomic E-state index is 0.182. The Morgan fingerprint density at radius 1 is 1.19 bits per heavy atom. The number of nitrogens with one attached hydrogen (secondary N) is 1. The molecule has 0 saturated heterocycles. The highest BCUT2D eigenvalue weighted by Crippen LogP contribution is 2.28. The third-order valence-electron chi connectivity index (χ3n) is 2.62. The number of hydrogen-bond donors (Lipinski definition) is 1. The maximum absolute atomic E-state index is 12.3. The molecule has 0 atom stereocenters. The summed E-state index contributed by atoms with van der Waals surface area (Å²) < 4.78 is 28.0. The fourth-order valence-corrected chi connectivity index (χ4v) is 4.73. The average Bonchev–Trinajstić information content (AvgIpc) is 2.85. The van der Waals surface area contributed by atoms with Crippen molar-refractivity contribution in [3.05, 3.63) is 45.7 Å². The average molecular weight is 389 g/mol. The number of sulfonamides is 1. The van der Waals surface area contributed by atoms with Gasteiger partial charge in [0.25, 0.3) is 15.9 Å². The van der Waals surface area contributed by atoms with Crippen LogP contribution in [0.25, 0.3) is 0 Å². The van der Waals surface area contributed by atoms with Crippen LogP contribution in [0.2, 0.25) is 0 Å². The lowest BCUT2D eigenvalue weighted by atomic mass is 10.1. The van der Waals surface area contributed by atoms with Crippen LogP contribution in [0.3, 0.4) is 0 Å². The van der Waals surface area contributed by atoms with E-state index in [4.69, 9.17) is 0 Å². The predicted molar refractivity (Wildman–Crippen MR) is 87.3 cm³/mol.